The maximum Gasteiger partial charge on any atom is 0.246 e. The highest BCUT2D eigenvalue weighted by Gasteiger charge is 2.35. The molecule has 1 saturated heterocycles. The van der Waals surface area contributed by atoms with E-state index in [-0.39, 0.29) is 37.0 Å². The van der Waals surface area contributed by atoms with Crippen LogP contribution in [0.15, 0.2) is 53.4 Å². The minimum Gasteiger partial charge on any atom is -0.338 e. The van der Waals surface area contributed by atoms with Crippen molar-refractivity contribution in [3.63, 3.8) is 0 Å². The number of amides is 1. The monoisotopic (exact) mass is 479 g/mol. The minimum atomic E-state index is -3.71. The fourth-order valence-corrected chi connectivity index (χ4v) is 6.36. The molecule has 10 heteroatoms. The Morgan fingerprint density at radius 3 is 1.78 bits per heavy atom. The first-order valence-corrected chi connectivity index (χ1v) is 13.6. The van der Waals surface area contributed by atoms with E-state index in [1.807, 2.05) is 13.8 Å². The highest BCUT2D eigenvalue weighted by molar-refractivity contribution is 7.92. The lowest BCUT2D eigenvalue weighted by Crippen LogP contribution is -2.56. The molecule has 0 N–H and O–H groups in total. The van der Waals surface area contributed by atoms with Crippen LogP contribution in [0.3, 0.4) is 0 Å². The van der Waals surface area contributed by atoms with Crippen molar-refractivity contribution in [3.8, 4) is 0 Å². The Hall–Kier alpha value is -2.43. The van der Waals surface area contributed by atoms with E-state index in [2.05, 4.69) is 0 Å². The summed E-state index contributed by atoms with van der Waals surface area (Å²) >= 11 is 0. The second-order valence-corrected chi connectivity index (χ2v) is 11.9. The number of anilines is 1. The molecular formula is C22H29N3O5S2. The quantitative estimate of drug-likeness (QED) is 0.632. The van der Waals surface area contributed by atoms with Gasteiger partial charge < -0.3 is 4.90 Å². The van der Waals surface area contributed by atoms with Gasteiger partial charge in [0.1, 0.15) is 6.04 Å². The molecule has 1 fully saturated rings. The number of nitrogens with zero attached hydrogens (tertiary/aromatic N) is 3. The van der Waals surface area contributed by atoms with Crippen LogP contribution in [0, 0.1) is 13.8 Å². The topological polar surface area (TPSA) is 95.1 Å². The zero-order valence-corrected chi connectivity index (χ0v) is 20.4. The summed E-state index contributed by atoms with van der Waals surface area (Å²) in [5.74, 6) is -0.358. The molecule has 2 aromatic rings. The van der Waals surface area contributed by atoms with Crippen molar-refractivity contribution in [2.45, 2.75) is 31.7 Å². The molecule has 0 aliphatic carbocycles. The van der Waals surface area contributed by atoms with Crippen LogP contribution in [0.1, 0.15) is 18.1 Å². The standard InChI is InChI=1S/C22H29N3O5S2/c1-17-5-9-20(10-6-17)25(31(4,27)28)19(3)22(26)23-13-15-24(16-14-23)32(29,30)21-11-7-18(2)8-12-21/h5-12,19H,13-16H2,1-4H3/t19-/m1/s1. The van der Waals surface area contributed by atoms with E-state index in [0.717, 1.165) is 21.7 Å². The fraction of sp³-hybridized carbons (Fsp3) is 0.409. The zero-order valence-electron chi connectivity index (χ0n) is 18.7. The number of rotatable bonds is 6. The van der Waals surface area contributed by atoms with Crippen LogP contribution < -0.4 is 4.31 Å². The third kappa shape index (κ3) is 5.13. The van der Waals surface area contributed by atoms with E-state index < -0.39 is 26.1 Å². The Bertz CT molecular complexity index is 1170. The molecule has 0 aromatic heterocycles. The number of piperazine rings is 1. The van der Waals surface area contributed by atoms with Gasteiger partial charge in [-0.3, -0.25) is 9.10 Å². The summed E-state index contributed by atoms with van der Waals surface area (Å²) in [6.45, 7) is 6.03. The predicted octanol–water partition coefficient (Wildman–Crippen LogP) is 1.99. The second kappa shape index (κ2) is 9.21. The fourth-order valence-electron chi connectivity index (χ4n) is 3.77. The summed E-state index contributed by atoms with van der Waals surface area (Å²) in [5.41, 5.74) is 2.36. The SMILES string of the molecule is Cc1ccc(N([C@H](C)C(=O)N2CCN(S(=O)(=O)c3ccc(C)cc3)CC2)S(C)(=O)=O)cc1. The molecule has 0 saturated carbocycles. The molecule has 1 amide bonds. The number of sulfonamides is 2. The first-order valence-electron chi connectivity index (χ1n) is 10.3. The predicted molar refractivity (Wildman–Crippen MR) is 124 cm³/mol. The van der Waals surface area contributed by atoms with E-state index in [1.165, 1.54) is 9.21 Å². The normalized spacial score (nSPS) is 16.6. The molecule has 1 aliphatic rings. The molecular weight excluding hydrogens is 450 g/mol. The molecule has 8 nitrogen and oxygen atoms in total. The number of hydrogen-bond donors (Lipinski definition) is 0. The summed E-state index contributed by atoms with van der Waals surface area (Å²) in [4.78, 5) is 14.9. The molecule has 1 atom stereocenters. The van der Waals surface area contributed by atoms with Gasteiger partial charge >= 0.3 is 0 Å². The lowest BCUT2D eigenvalue weighted by atomic mass is 10.2. The largest absolute Gasteiger partial charge is 0.338 e. The number of aryl methyl sites for hydroxylation is 2. The Kier molecular flexibility index (Phi) is 6.97. The van der Waals surface area contributed by atoms with Crippen LogP contribution in [-0.2, 0) is 24.8 Å². The number of hydrogen-bond acceptors (Lipinski definition) is 5. The Labute approximate surface area is 190 Å². The lowest BCUT2D eigenvalue weighted by Gasteiger charge is -2.37. The number of benzene rings is 2. The van der Waals surface area contributed by atoms with Crippen LogP contribution in [0.5, 0.6) is 0 Å². The average molecular weight is 480 g/mol. The molecule has 0 radical (unpaired) electrons. The van der Waals surface area contributed by atoms with Crippen molar-refractivity contribution < 1.29 is 21.6 Å². The van der Waals surface area contributed by atoms with Crippen molar-refractivity contribution in [2.75, 3.05) is 36.7 Å². The van der Waals surface area contributed by atoms with Gasteiger partial charge in [-0.05, 0) is 45.0 Å². The molecule has 32 heavy (non-hydrogen) atoms. The first kappa shape index (κ1) is 24.2. The summed E-state index contributed by atoms with van der Waals surface area (Å²) in [6, 6.07) is 12.6. The smallest absolute Gasteiger partial charge is 0.246 e. The molecule has 0 spiro atoms. The summed E-state index contributed by atoms with van der Waals surface area (Å²) in [6.07, 6.45) is 1.07. The van der Waals surface area contributed by atoms with Crippen LogP contribution in [0.25, 0.3) is 0 Å². The molecule has 174 valence electrons. The maximum absolute atomic E-state index is 13.1. The summed E-state index contributed by atoms with van der Waals surface area (Å²) in [7, 11) is -7.35. The minimum absolute atomic E-state index is 0.151. The van der Waals surface area contributed by atoms with Gasteiger partial charge in [0, 0.05) is 26.2 Å². The van der Waals surface area contributed by atoms with Gasteiger partial charge in [-0.1, -0.05) is 35.4 Å². The number of carbonyl (C=O) groups excluding carboxylic acids is 1. The van der Waals surface area contributed by atoms with Gasteiger partial charge in [0.15, 0.2) is 0 Å². The second-order valence-electron chi connectivity index (χ2n) is 8.11. The van der Waals surface area contributed by atoms with Gasteiger partial charge in [0.05, 0.1) is 16.8 Å². The van der Waals surface area contributed by atoms with Crippen LogP contribution in [0.2, 0.25) is 0 Å². The molecule has 1 aliphatic heterocycles. The summed E-state index contributed by atoms with van der Waals surface area (Å²) in [5, 5.41) is 0. The Morgan fingerprint density at radius 1 is 0.844 bits per heavy atom. The molecule has 0 bridgehead atoms. The van der Waals surface area contributed by atoms with Gasteiger partial charge in [-0.15, -0.1) is 0 Å². The Balaban J connectivity index is 1.73. The van der Waals surface area contributed by atoms with Crippen molar-refractivity contribution in [1.82, 2.24) is 9.21 Å². The van der Waals surface area contributed by atoms with Crippen LogP contribution in [-0.4, -0.2) is 70.4 Å². The molecule has 3 rings (SSSR count). The van der Waals surface area contributed by atoms with Gasteiger partial charge in [-0.25, -0.2) is 16.8 Å². The van der Waals surface area contributed by atoms with E-state index >= 15 is 0 Å². The lowest BCUT2D eigenvalue weighted by molar-refractivity contribution is -0.133. The van der Waals surface area contributed by atoms with Gasteiger partial charge in [0.25, 0.3) is 0 Å². The first-order chi connectivity index (χ1) is 14.9. The average Bonchev–Trinajstić information content (AvgIpc) is 2.74. The molecule has 2 aromatic carbocycles. The van der Waals surface area contributed by atoms with Crippen LogP contribution in [0.4, 0.5) is 5.69 Å². The van der Waals surface area contributed by atoms with Gasteiger partial charge in [0.2, 0.25) is 26.0 Å². The molecule has 1 heterocycles. The van der Waals surface area contributed by atoms with Crippen LogP contribution >= 0.6 is 0 Å². The van der Waals surface area contributed by atoms with E-state index in [1.54, 1.807) is 55.5 Å². The summed E-state index contributed by atoms with van der Waals surface area (Å²) < 4.78 is 53.2. The van der Waals surface area contributed by atoms with E-state index in [4.69, 9.17) is 0 Å². The van der Waals surface area contributed by atoms with Crippen molar-refractivity contribution >= 4 is 31.6 Å². The van der Waals surface area contributed by atoms with Crippen molar-refractivity contribution in [3.05, 3.63) is 59.7 Å². The van der Waals surface area contributed by atoms with E-state index in [0.29, 0.717) is 5.69 Å². The van der Waals surface area contributed by atoms with Crippen molar-refractivity contribution in [2.24, 2.45) is 0 Å². The zero-order chi connectivity index (χ0) is 23.7. The Morgan fingerprint density at radius 2 is 1.31 bits per heavy atom. The number of carbonyl (C=O) groups is 1. The third-order valence-electron chi connectivity index (χ3n) is 5.56. The van der Waals surface area contributed by atoms with Gasteiger partial charge in [-0.2, -0.15) is 4.31 Å². The maximum atomic E-state index is 13.1. The third-order valence-corrected chi connectivity index (χ3v) is 8.72. The highest BCUT2D eigenvalue weighted by atomic mass is 32.2. The molecule has 0 unspecified atom stereocenters. The van der Waals surface area contributed by atoms with E-state index in [9.17, 15) is 21.6 Å². The van der Waals surface area contributed by atoms with Crippen molar-refractivity contribution in [1.29, 1.82) is 0 Å². The highest BCUT2D eigenvalue weighted by Crippen LogP contribution is 2.23.